The summed E-state index contributed by atoms with van der Waals surface area (Å²) < 4.78 is 7.50. The van der Waals surface area contributed by atoms with Crippen LogP contribution < -0.4 is 0 Å². The standard InChI is InChI=1S/C48H54Br2N2/c1-3-5-7-9-11-33-13-25-41-43-31-37(49)19-27-45(43)51(47(41)29-33)39-21-15-35(16-22-39)36-17-23-40(24-18-36)52-46-28-20-38(50)32-44(46)42-26-14-34(30-48(42)52)12-10-8-6-4-2/h15-24,27-28,31-34H,3-14,25-26,29-30H2,1-2H3. The normalized spacial score (nSPS) is 17.2. The van der Waals surface area contributed by atoms with Crippen molar-refractivity contribution in [1.82, 2.24) is 9.13 Å². The first kappa shape index (κ1) is 35.9. The molecule has 2 unspecified atom stereocenters. The van der Waals surface area contributed by atoms with Crippen molar-refractivity contribution in [3.05, 3.63) is 116 Å². The molecule has 0 amide bonds. The third-order valence-corrected chi connectivity index (χ3v) is 13.4. The van der Waals surface area contributed by atoms with E-state index in [9.17, 15) is 0 Å². The lowest BCUT2D eigenvalue weighted by Gasteiger charge is -2.25. The number of hydrogen-bond donors (Lipinski definition) is 0. The monoisotopic (exact) mass is 816 g/mol. The molecule has 2 aromatic heterocycles. The van der Waals surface area contributed by atoms with Gasteiger partial charge in [-0.3, -0.25) is 0 Å². The molecular weight excluding hydrogens is 764 g/mol. The van der Waals surface area contributed by atoms with E-state index in [1.54, 1.807) is 11.1 Å². The van der Waals surface area contributed by atoms with Crippen molar-refractivity contribution < 1.29 is 0 Å². The van der Waals surface area contributed by atoms with Crippen molar-refractivity contribution in [3.8, 4) is 22.5 Å². The third-order valence-electron chi connectivity index (χ3n) is 12.4. The lowest BCUT2D eigenvalue weighted by molar-refractivity contribution is 0.401. The highest BCUT2D eigenvalue weighted by Gasteiger charge is 2.28. The topological polar surface area (TPSA) is 9.86 Å². The largest absolute Gasteiger partial charge is 0.313 e. The van der Waals surface area contributed by atoms with Gasteiger partial charge in [0, 0.05) is 42.5 Å². The average molecular weight is 819 g/mol. The molecule has 8 rings (SSSR count). The predicted molar refractivity (Wildman–Crippen MR) is 229 cm³/mol. The Hall–Kier alpha value is -3.08. The van der Waals surface area contributed by atoms with Crippen LogP contribution in [0.2, 0.25) is 0 Å². The van der Waals surface area contributed by atoms with E-state index in [1.165, 1.54) is 167 Å². The fourth-order valence-corrected chi connectivity index (χ4v) is 10.3. The van der Waals surface area contributed by atoms with Gasteiger partial charge in [-0.25, -0.2) is 0 Å². The lowest BCUT2D eigenvalue weighted by atomic mass is 9.83. The molecule has 2 nitrogen and oxygen atoms in total. The molecule has 270 valence electrons. The van der Waals surface area contributed by atoms with Crippen LogP contribution in [-0.4, -0.2) is 9.13 Å². The molecule has 0 bridgehead atoms. The fourth-order valence-electron chi connectivity index (χ4n) is 9.60. The van der Waals surface area contributed by atoms with Crippen molar-refractivity contribution in [2.24, 2.45) is 11.8 Å². The molecule has 0 saturated heterocycles. The van der Waals surface area contributed by atoms with Crippen LogP contribution in [-0.2, 0) is 25.7 Å². The second-order valence-corrected chi connectivity index (χ2v) is 17.7. The number of benzene rings is 4. The molecular formula is C48H54Br2N2. The van der Waals surface area contributed by atoms with Crippen molar-refractivity contribution in [2.45, 2.75) is 117 Å². The van der Waals surface area contributed by atoms with Crippen molar-refractivity contribution >= 4 is 53.7 Å². The minimum atomic E-state index is 0.787. The summed E-state index contributed by atoms with van der Waals surface area (Å²) in [5, 5.41) is 2.84. The Balaban J connectivity index is 1.07. The molecule has 4 aromatic carbocycles. The van der Waals surface area contributed by atoms with Crippen molar-refractivity contribution in [3.63, 3.8) is 0 Å². The van der Waals surface area contributed by atoms with Gasteiger partial charge < -0.3 is 9.13 Å². The summed E-state index contributed by atoms with van der Waals surface area (Å²) in [5.74, 6) is 1.57. The van der Waals surface area contributed by atoms with Crippen LogP contribution in [0.15, 0.2) is 93.9 Å². The molecule has 0 fully saturated rings. The van der Waals surface area contributed by atoms with Crippen LogP contribution in [0, 0.1) is 11.8 Å². The Kier molecular flexibility index (Phi) is 11.1. The third kappa shape index (κ3) is 7.24. The molecule has 0 aliphatic heterocycles. The summed E-state index contributed by atoms with van der Waals surface area (Å²) in [6.07, 6.45) is 20.9. The van der Waals surface area contributed by atoms with Crippen molar-refractivity contribution in [1.29, 1.82) is 0 Å². The average Bonchev–Trinajstić information content (AvgIpc) is 3.66. The van der Waals surface area contributed by atoms with Crippen molar-refractivity contribution in [2.75, 3.05) is 0 Å². The number of rotatable bonds is 13. The maximum absolute atomic E-state index is 3.78. The van der Waals surface area contributed by atoms with Gasteiger partial charge in [-0.2, -0.15) is 0 Å². The molecule has 0 spiro atoms. The van der Waals surface area contributed by atoms with Crippen LogP contribution in [0.5, 0.6) is 0 Å². The van der Waals surface area contributed by atoms with Crippen LogP contribution >= 0.6 is 31.9 Å². The Labute approximate surface area is 328 Å². The first-order valence-corrected chi connectivity index (χ1v) is 22.0. The Morgan fingerprint density at radius 1 is 0.519 bits per heavy atom. The van der Waals surface area contributed by atoms with Gasteiger partial charge in [0.05, 0.1) is 11.0 Å². The molecule has 0 radical (unpaired) electrons. The van der Waals surface area contributed by atoms with E-state index in [1.807, 2.05) is 0 Å². The van der Waals surface area contributed by atoms with Gasteiger partial charge >= 0.3 is 0 Å². The highest BCUT2D eigenvalue weighted by atomic mass is 79.9. The van der Waals surface area contributed by atoms with E-state index in [2.05, 4.69) is 140 Å². The van der Waals surface area contributed by atoms with Gasteiger partial charge in [0.2, 0.25) is 0 Å². The van der Waals surface area contributed by atoms with Gasteiger partial charge in [-0.1, -0.05) is 134 Å². The molecule has 2 heterocycles. The summed E-state index contributed by atoms with van der Waals surface area (Å²) in [6, 6.07) is 32.5. The lowest BCUT2D eigenvalue weighted by Crippen LogP contribution is -2.16. The molecule has 2 aliphatic rings. The van der Waals surface area contributed by atoms with Crippen LogP contribution in [0.25, 0.3) is 44.3 Å². The van der Waals surface area contributed by atoms with E-state index in [0.29, 0.717) is 0 Å². The van der Waals surface area contributed by atoms with Crippen LogP contribution in [0.4, 0.5) is 0 Å². The number of aryl methyl sites for hydroxylation is 2. The molecule has 52 heavy (non-hydrogen) atoms. The highest BCUT2D eigenvalue weighted by Crippen LogP contribution is 2.41. The Morgan fingerprint density at radius 3 is 1.35 bits per heavy atom. The van der Waals surface area contributed by atoms with Gasteiger partial charge in [-0.15, -0.1) is 0 Å². The maximum Gasteiger partial charge on any atom is 0.0535 e. The molecule has 4 heteroatoms. The second kappa shape index (κ2) is 16.1. The maximum atomic E-state index is 3.78. The number of hydrogen-bond acceptors (Lipinski definition) is 0. The SMILES string of the molecule is CCCCCCC1CCc2c(n(-c3ccc(-c4ccc(-n5c6c(c7cc(Br)ccc75)CCC(CCCCCC)C6)cc4)cc3)c3ccc(Br)cc23)C1. The van der Waals surface area contributed by atoms with Gasteiger partial charge in [-0.05, 0) is 133 Å². The number of fused-ring (bicyclic) bond motifs is 6. The van der Waals surface area contributed by atoms with Gasteiger partial charge in [0.1, 0.15) is 0 Å². The fraction of sp³-hybridized carbons (Fsp3) is 0.417. The predicted octanol–water partition coefficient (Wildman–Crippen LogP) is 14.9. The van der Waals surface area contributed by atoms with E-state index >= 15 is 0 Å². The second-order valence-electron chi connectivity index (χ2n) is 15.9. The first-order valence-electron chi connectivity index (χ1n) is 20.4. The summed E-state index contributed by atoms with van der Waals surface area (Å²) in [5.41, 5.74) is 14.0. The zero-order valence-corrected chi connectivity index (χ0v) is 34.4. The first-order chi connectivity index (χ1) is 25.5. The molecule has 2 aliphatic carbocycles. The summed E-state index contributed by atoms with van der Waals surface area (Å²) >= 11 is 7.55. The minimum Gasteiger partial charge on any atom is -0.313 e. The van der Waals surface area contributed by atoms with E-state index in [4.69, 9.17) is 0 Å². The van der Waals surface area contributed by atoms with Crippen LogP contribution in [0.1, 0.15) is 113 Å². The Morgan fingerprint density at radius 2 is 0.942 bits per heavy atom. The number of halogens is 2. The molecule has 0 saturated carbocycles. The zero-order valence-electron chi connectivity index (χ0n) is 31.2. The van der Waals surface area contributed by atoms with Gasteiger partial charge in [0.15, 0.2) is 0 Å². The zero-order chi connectivity index (χ0) is 35.6. The summed E-state index contributed by atoms with van der Waals surface area (Å²) in [7, 11) is 0. The summed E-state index contributed by atoms with van der Waals surface area (Å²) in [6.45, 7) is 4.62. The van der Waals surface area contributed by atoms with E-state index in [-0.39, 0.29) is 0 Å². The van der Waals surface area contributed by atoms with Crippen LogP contribution in [0.3, 0.4) is 0 Å². The highest BCUT2D eigenvalue weighted by molar-refractivity contribution is 9.10. The summed E-state index contributed by atoms with van der Waals surface area (Å²) in [4.78, 5) is 0. The number of unbranched alkanes of at least 4 members (excludes halogenated alkanes) is 6. The van der Waals surface area contributed by atoms with E-state index < -0.39 is 0 Å². The van der Waals surface area contributed by atoms with Gasteiger partial charge in [0.25, 0.3) is 0 Å². The number of aromatic nitrogens is 2. The molecule has 6 aromatic rings. The molecule has 2 atom stereocenters. The smallest absolute Gasteiger partial charge is 0.0535 e. The quantitative estimate of drug-likeness (QED) is 0.103. The Bertz CT molecular complexity index is 1990. The molecule has 0 N–H and O–H groups in total. The minimum absolute atomic E-state index is 0.787. The van der Waals surface area contributed by atoms with E-state index in [0.717, 1.165) is 11.8 Å². The number of nitrogens with zero attached hydrogens (tertiary/aromatic N) is 2.